The molecule has 8 heteroatoms. The van der Waals surface area contributed by atoms with E-state index in [9.17, 15) is 18.0 Å². The quantitative estimate of drug-likeness (QED) is 0.505. The van der Waals surface area contributed by atoms with E-state index < -0.39 is 11.7 Å². The first kappa shape index (κ1) is 23.2. The number of likely N-dealkylation sites (tertiary alicyclic amines) is 1. The maximum atomic E-state index is 12.9. The van der Waals surface area contributed by atoms with Crippen molar-refractivity contribution in [3.8, 4) is 11.5 Å². The summed E-state index contributed by atoms with van der Waals surface area (Å²) in [5.41, 5.74) is 2.06. The number of halogens is 3. The highest BCUT2D eigenvalue weighted by Gasteiger charge is 2.64. The molecule has 1 N–H and O–H groups in total. The fraction of sp³-hybridized carbons (Fsp3) is 0.393. The normalized spacial score (nSPS) is 30.1. The smallest absolute Gasteiger partial charge is 0.416 e. The topological polar surface area (TPSA) is 50.8 Å². The molecule has 0 unspecified atom stereocenters. The number of ether oxygens (including phenoxy) is 2. The van der Waals surface area contributed by atoms with Crippen LogP contribution in [0.5, 0.6) is 11.5 Å². The van der Waals surface area contributed by atoms with E-state index in [1.54, 1.807) is 7.11 Å². The zero-order valence-corrected chi connectivity index (χ0v) is 20.0. The monoisotopic (exact) mass is 496 g/mol. The number of alkyl halides is 3. The van der Waals surface area contributed by atoms with Gasteiger partial charge in [0, 0.05) is 29.0 Å². The van der Waals surface area contributed by atoms with Crippen molar-refractivity contribution >= 4 is 12.0 Å². The number of likely N-dealkylation sites (N-methyl/N-ethyl adjacent to an activating group) is 1. The molecule has 2 heterocycles. The summed E-state index contributed by atoms with van der Waals surface area (Å²) >= 11 is 0. The van der Waals surface area contributed by atoms with E-state index in [-0.39, 0.29) is 29.4 Å². The van der Waals surface area contributed by atoms with Crippen molar-refractivity contribution in [1.29, 1.82) is 0 Å². The average molecular weight is 497 g/mol. The zero-order valence-electron chi connectivity index (χ0n) is 20.0. The SMILES string of the molecule is COc1ccc2c3c1O[C@H]1[C@H](NC(=O)/C=C/c4ccc(C(F)(F)F)cc4)C=C[C@H]4[C@@H](C2)N(C)CC[C@@]341. The largest absolute Gasteiger partial charge is 0.493 e. The minimum atomic E-state index is -4.39. The Morgan fingerprint density at radius 3 is 2.69 bits per heavy atom. The van der Waals surface area contributed by atoms with Crippen LogP contribution in [0.25, 0.3) is 6.08 Å². The van der Waals surface area contributed by atoms with Crippen LogP contribution in [0.1, 0.15) is 28.7 Å². The molecule has 2 aliphatic heterocycles. The van der Waals surface area contributed by atoms with Crippen LogP contribution in [0.3, 0.4) is 0 Å². The number of nitrogens with one attached hydrogen (secondary N) is 1. The number of methoxy groups -OCH3 is 1. The molecule has 2 aromatic rings. The number of benzene rings is 2. The predicted octanol–water partition coefficient (Wildman–Crippen LogP) is 4.36. The fourth-order valence-corrected chi connectivity index (χ4v) is 6.71. The number of hydrogen-bond donors (Lipinski definition) is 1. The van der Waals surface area contributed by atoms with Crippen molar-refractivity contribution in [3.05, 3.63) is 76.9 Å². The van der Waals surface area contributed by atoms with E-state index in [1.165, 1.54) is 35.4 Å². The zero-order chi connectivity index (χ0) is 25.2. The molecule has 36 heavy (non-hydrogen) atoms. The van der Waals surface area contributed by atoms with Crippen LogP contribution in [-0.2, 0) is 22.8 Å². The van der Waals surface area contributed by atoms with Crippen LogP contribution < -0.4 is 14.8 Å². The maximum Gasteiger partial charge on any atom is 0.416 e. The lowest BCUT2D eigenvalue weighted by atomic mass is 9.53. The number of rotatable bonds is 4. The van der Waals surface area contributed by atoms with Gasteiger partial charge >= 0.3 is 6.18 Å². The maximum absolute atomic E-state index is 12.9. The van der Waals surface area contributed by atoms with Gasteiger partial charge in [0.15, 0.2) is 11.5 Å². The van der Waals surface area contributed by atoms with E-state index in [2.05, 4.69) is 29.4 Å². The molecule has 188 valence electrons. The van der Waals surface area contributed by atoms with E-state index in [0.29, 0.717) is 17.4 Å². The molecule has 0 saturated carbocycles. The average Bonchev–Trinajstić information content (AvgIpc) is 3.21. The van der Waals surface area contributed by atoms with Crippen molar-refractivity contribution in [2.75, 3.05) is 20.7 Å². The number of amides is 1. The van der Waals surface area contributed by atoms with Gasteiger partial charge in [-0.1, -0.05) is 30.4 Å². The summed E-state index contributed by atoms with van der Waals surface area (Å²) in [6.45, 7) is 0.944. The highest BCUT2D eigenvalue weighted by Crippen LogP contribution is 2.62. The Morgan fingerprint density at radius 1 is 1.19 bits per heavy atom. The molecule has 2 bridgehead atoms. The van der Waals surface area contributed by atoms with Crippen LogP contribution in [0.15, 0.2) is 54.6 Å². The van der Waals surface area contributed by atoms with E-state index in [1.807, 2.05) is 12.1 Å². The van der Waals surface area contributed by atoms with Gasteiger partial charge in [-0.2, -0.15) is 13.2 Å². The second-order valence-electron chi connectivity index (χ2n) is 10.1. The van der Waals surface area contributed by atoms with Crippen molar-refractivity contribution in [2.45, 2.75) is 42.6 Å². The van der Waals surface area contributed by atoms with Crippen molar-refractivity contribution in [1.82, 2.24) is 10.2 Å². The van der Waals surface area contributed by atoms with Gasteiger partial charge in [0.1, 0.15) is 6.10 Å². The Balaban J connectivity index is 1.28. The Labute approximate surface area is 207 Å². The van der Waals surface area contributed by atoms with E-state index >= 15 is 0 Å². The summed E-state index contributed by atoms with van der Waals surface area (Å²) in [6, 6.07) is 8.84. The fourth-order valence-electron chi connectivity index (χ4n) is 6.71. The third kappa shape index (κ3) is 3.38. The standard InChI is InChI=1S/C28H27F3N2O3/c1-33-14-13-27-19-9-10-20(32-23(34)12-5-16-3-7-18(8-4-16)28(29,30)31)26(27)36-25-22(35-2)11-6-17(24(25)27)15-21(19)33/h3-12,19-21,26H,13-15H2,1-2H3,(H,32,34)/b12-5+/t19-,20+,21+,26-,27-/m0/s1. The molecular formula is C28H27F3N2O3. The molecule has 5 nitrogen and oxygen atoms in total. The summed E-state index contributed by atoms with van der Waals surface area (Å²) in [6.07, 6.45) is 4.35. The van der Waals surface area contributed by atoms with Crippen LogP contribution in [-0.4, -0.2) is 49.7 Å². The Morgan fingerprint density at radius 2 is 1.97 bits per heavy atom. The summed E-state index contributed by atoms with van der Waals surface area (Å²) in [5.74, 6) is 1.45. The van der Waals surface area contributed by atoms with Gasteiger partial charge in [-0.05, 0) is 61.8 Å². The Kier molecular flexibility index (Phi) is 5.23. The number of carbonyl (C=O) groups is 1. The Bertz CT molecular complexity index is 1270. The number of nitrogens with zero attached hydrogens (tertiary/aromatic N) is 1. The van der Waals surface area contributed by atoms with Gasteiger partial charge in [0.25, 0.3) is 0 Å². The lowest BCUT2D eigenvalue weighted by Crippen LogP contribution is -2.66. The van der Waals surface area contributed by atoms with Gasteiger partial charge in [0.2, 0.25) is 5.91 Å². The molecule has 1 saturated heterocycles. The van der Waals surface area contributed by atoms with Crippen LogP contribution in [0, 0.1) is 5.92 Å². The van der Waals surface area contributed by atoms with Gasteiger partial charge < -0.3 is 19.7 Å². The summed E-state index contributed by atoms with van der Waals surface area (Å²) in [4.78, 5) is 15.3. The van der Waals surface area contributed by atoms with Crippen molar-refractivity contribution in [2.24, 2.45) is 5.92 Å². The molecule has 1 spiro atoms. The summed E-state index contributed by atoms with van der Waals surface area (Å²) in [7, 11) is 3.81. The molecule has 0 aromatic heterocycles. The molecular weight excluding hydrogens is 469 g/mol. The third-order valence-electron chi connectivity index (χ3n) is 8.35. The number of carbonyl (C=O) groups excluding carboxylic acids is 1. The van der Waals surface area contributed by atoms with Crippen LogP contribution in [0.2, 0.25) is 0 Å². The molecule has 5 atom stereocenters. The summed E-state index contributed by atoms with van der Waals surface area (Å²) < 4.78 is 50.7. The number of hydrogen-bond acceptors (Lipinski definition) is 4. The minimum Gasteiger partial charge on any atom is -0.493 e. The molecule has 6 rings (SSSR count). The first-order valence-corrected chi connectivity index (χ1v) is 12.1. The van der Waals surface area contributed by atoms with E-state index in [4.69, 9.17) is 9.47 Å². The summed E-state index contributed by atoms with van der Waals surface area (Å²) in [5, 5.41) is 3.07. The predicted molar refractivity (Wildman–Crippen MR) is 129 cm³/mol. The first-order valence-electron chi connectivity index (χ1n) is 12.1. The van der Waals surface area contributed by atoms with Crippen molar-refractivity contribution in [3.63, 3.8) is 0 Å². The lowest BCUT2D eigenvalue weighted by molar-refractivity contribution is -0.137. The van der Waals surface area contributed by atoms with Crippen LogP contribution in [0.4, 0.5) is 13.2 Å². The first-order chi connectivity index (χ1) is 17.2. The minimum absolute atomic E-state index is 0.238. The molecule has 0 radical (unpaired) electrons. The second kappa shape index (κ2) is 8.13. The van der Waals surface area contributed by atoms with E-state index in [0.717, 1.165) is 37.3 Å². The number of piperidine rings is 1. The second-order valence-corrected chi connectivity index (χ2v) is 10.1. The molecule has 2 aromatic carbocycles. The van der Waals surface area contributed by atoms with Crippen molar-refractivity contribution < 1.29 is 27.4 Å². The van der Waals surface area contributed by atoms with Crippen LogP contribution >= 0.6 is 0 Å². The third-order valence-corrected chi connectivity index (χ3v) is 8.35. The highest BCUT2D eigenvalue weighted by molar-refractivity contribution is 5.92. The van der Waals surface area contributed by atoms with Gasteiger partial charge in [-0.15, -0.1) is 0 Å². The molecule has 1 amide bonds. The van der Waals surface area contributed by atoms with Gasteiger partial charge in [-0.3, -0.25) is 4.79 Å². The highest BCUT2D eigenvalue weighted by atomic mass is 19.4. The molecule has 1 fully saturated rings. The Hall–Kier alpha value is -3.26. The lowest BCUT2D eigenvalue weighted by Gasteiger charge is -2.57. The van der Waals surface area contributed by atoms with Gasteiger partial charge in [0.05, 0.1) is 18.7 Å². The molecule has 2 aliphatic carbocycles. The molecule has 4 aliphatic rings. The van der Waals surface area contributed by atoms with Gasteiger partial charge in [-0.25, -0.2) is 0 Å².